The molecule has 2 saturated heterocycles. The lowest BCUT2D eigenvalue weighted by Crippen LogP contribution is -2.56. The summed E-state index contributed by atoms with van der Waals surface area (Å²) in [5.41, 5.74) is 1.22. The Labute approximate surface area is 153 Å². The fourth-order valence-electron chi connectivity index (χ4n) is 3.71. The molecule has 0 spiro atoms. The molecule has 1 aromatic rings. The third kappa shape index (κ3) is 3.58. The van der Waals surface area contributed by atoms with Crippen molar-refractivity contribution in [1.82, 2.24) is 15.1 Å². The Kier molecular flexibility index (Phi) is 5.27. The van der Waals surface area contributed by atoms with Crippen molar-refractivity contribution in [2.24, 2.45) is 0 Å². The van der Waals surface area contributed by atoms with E-state index in [2.05, 4.69) is 31.0 Å². The van der Waals surface area contributed by atoms with E-state index in [9.17, 15) is 14.4 Å². The molecular formula is C19H26N4O3. The third-order valence-corrected chi connectivity index (χ3v) is 5.17. The molecule has 4 amide bonds. The van der Waals surface area contributed by atoms with Gasteiger partial charge in [-0.15, -0.1) is 0 Å². The molecule has 0 aliphatic carbocycles. The number of nitrogens with zero attached hydrogens (tertiary/aromatic N) is 3. The number of benzene rings is 1. The largest absolute Gasteiger partial charge is 0.336 e. The smallest absolute Gasteiger partial charge is 0.329 e. The predicted octanol–water partition coefficient (Wildman–Crippen LogP) is 1.69. The first-order valence-corrected chi connectivity index (χ1v) is 9.17. The summed E-state index contributed by atoms with van der Waals surface area (Å²) in [6.45, 7) is 8.90. The number of carbonyl (C=O) groups is 3. The molecule has 2 aliphatic heterocycles. The zero-order chi connectivity index (χ0) is 18.8. The topological polar surface area (TPSA) is 73.0 Å². The summed E-state index contributed by atoms with van der Waals surface area (Å²) in [5.74, 6) is -0.302. The average Bonchev–Trinajstić information content (AvgIpc) is 2.98. The minimum atomic E-state index is -0.426. The summed E-state index contributed by atoms with van der Waals surface area (Å²) >= 11 is 0. The van der Waals surface area contributed by atoms with Crippen LogP contribution < -0.4 is 10.2 Å². The second-order valence-electron chi connectivity index (χ2n) is 7.13. The standard InChI is InChI=1S/C19H26N4O3/c1-4-15-11-21(9-10-22(15)13(2)3)18(25)14-5-7-16(8-6-14)23-12-17(24)20-19(23)26/h5-8,13,15H,4,9-12H2,1-3H3,(H,20,24,26)/t15-/m1/s1. The number of anilines is 1. The van der Waals surface area contributed by atoms with Crippen LogP contribution in [-0.2, 0) is 4.79 Å². The van der Waals surface area contributed by atoms with Gasteiger partial charge in [-0.3, -0.25) is 24.7 Å². The van der Waals surface area contributed by atoms with E-state index in [-0.39, 0.29) is 18.4 Å². The Morgan fingerprint density at radius 1 is 1.19 bits per heavy atom. The van der Waals surface area contributed by atoms with Crippen molar-refractivity contribution in [1.29, 1.82) is 0 Å². The van der Waals surface area contributed by atoms with Gasteiger partial charge >= 0.3 is 6.03 Å². The maximum Gasteiger partial charge on any atom is 0.329 e. The second-order valence-corrected chi connectivity index (χ2v) is 7.13. The van der Waals surface area contributed by atoms with Crippen molar-refractivity contribution >= 4 is 23.5 Å². The van der Waals surface area contributed by atoms with E-state index >= 15 is 0 Å². The maximum atomic E-state index is 12.8. The van der Waals surface area contributed by atoms with Crippen LogP contribution in [0.5, 0.6) is 0 Å². The highest BCUT2D eigenvalue weighted by Crippen LogP contribution is 2.21. The van der Waals surface area contributed by atoms with Gasteiger partial charge in [-0.05, 0) is 44.5 Å². The van der Waals surface area contributed by atoms with Gasteiger partial charge in [0.25, 0.3) is 5.91 Å². The van der Waals surface area contributed by atoms with Gasteiger partial charge in [0.2, 0.25) is 5.91 Å². The first-order valence-electron chi connectivity index (χ1n) is 9.17. The van der Waals surface area contributed by atoms with Crippen molar-refractivity contribution in [3.05, 3.63) is 29.8 Å². The summed E-state index contributed by atoms with van der Waals surface area (Å²) in [4.78, 5) is 41.6. The molecule has 1 N–H and O–H groups in total. The number of imide groups is 1. The van der Waals surface area contributed by atoms with Crippen LogP contribution in [-0.4, -0.2) is 65.9 Å². The molecule has 2 fully saturated rings. The molecule has 0 aromatic heterocycles. The lowest BCUT2D eigenvalue weighted by Gasteiger charge is -2.43. The SMILES string of the molecule is CC[C@@H]1CN(C(=O)c2ccc(N3CC(=O)NC3=O)cc2)CCN1C(C)C. The van der Waals surface area contributed by atoms with Gasteiger partial charge in [-0.1, -0.05) is 6.92 Å². The minimum absolute atomic E-state index is 0.0142. The highest BCUT2D eigenvalue weighted by Gasteiger charge is 2.31. The van der Waals surface area contributed by atoms with Crippen molar-refractivity contribution in [2.75, 3.05) is 31.1 Å². The van der Waals surface area contributed by atoms with E-state index < -0.39 is 6.03 Å². The van der Waals surface area contributed by atoms with E-state index in [1.165, 1.54) is 4.90 Å². The van der Waals surface area contributed by atoms with Crippen molar-refractivity contribution in [3.63, 3.8) is 0 Å². The fraction of sp³-hybridized carbons (Fsp3) is 0.526. The normalized spacial score (nSPS) is 21.5. The van der Waals surface area contributed by atoms with Crippen LogP contribution in [0.1, 0.15) is 37.6 Å². The van der Waals surface area contributed by atoms with Gasteiger partial charge in [0.1, 0.15) is 6.54 Å². The fourth-order valence-corrected chi connectivity index (χ4v) is 3.71. The van der Waals surface area contributed by atoms with Crippen molar-refractivity contribution in [3.8, 4) is 0 Å². The number of amides is 4. The minimum Gasteiger partial charge on any atom is -0.336 e. The van der Waals surface area contributed by atoms with Gasteiger partial charge in [0, 0.05) is 43.0 Å². The Morgan fingerprint density at radius 2 is 1.88 bits per heavy atom. The summed E-state index contributed by atoms with van der Waals surface area (Å²) in [6, 6.07) is 7.31. The zero-order valence-electron chi connectivity index (χ0n) is 15.6. The van der Waals surface area contributed by atoms with E-state index in [0.29, 0.717) is 23.3 Å². The third-order valence-electron chi connectivity index (χ3n) is 5.17. The quantitative estimate of drug-likeness (QED) is 0.832. The van der Waals surface area contributed by atoms with E-state index in [1.807, 2.05) is 4.90 Å². The van der Waals surface area contributed by atoms with Gasteiger partial charge in [0.15, 0.2) is 0 Å². The number of nitrogens with one attached hydrogen (secondary N) is 1. The van der Waals surface area contributed by atoms with E-state index in [4.69, 9.17) is 0 Å². The Bertz CT molecular complexity index is 701. The van der Waals surface area contributed by atoms with E-state index in [0.717, 1.165) is 26.1 Å². The molecule has 7 nitrogen and oxygen atoms in total. The maximum absolute atomic E-state index is 12.8. The van der Waals surface area contributed by atoms with Crippen LogP contribution in [0.4, 0.5) is 10.5 Å². The molecule has 140 valence electrons. The van der Waals surface area contributed by atoms with Gasteiger partial charge in [-0.25, -0.2) is 4.79 Å². The van der Waals surface area contributed by atoms with Crippen LogP contribution in [0.15, 0.2) is 24.3 Å². The zero-order valence-corrected chi connectivity index (χ0v) is 15.6. The first kappa shape index (κ1) is 18.4. The molecule has 0 unspecified atom stereocenters. The van der Waals surface area contributed by atoms with Crippen LogP contribution >= 0.6 is 0 Å². The van der Waals surface area contributed by atoms with Gasteiger partial charge in [0.05, 0.1) is 0 Å². The Morgan fingerprint density at radius 3 is 2.42 bits per heavy atom. The first-order chi connectivity index (χ1) is 12.4. The molecule has 1 aromatic carbocycles. The van der Waals surface area contributed by atoms with Crippen LogP contribution in [0.25, 0.3) is 0 Å². The molecule has 26 heavy (non-hydrogen) atoms. The molecule has 2 aliphatic rings. The molecular weight excluding hydrogens is 332 g/mol. The number of hydrogen-bond acceptors (Lipinski definition) is 4. The summed E-state index contributed by atoms with van der Waals surface area (Å²) in [7, 11) is 0. The molecule has 0 radical (unpaired) electrons. The molecule has 2 heterocycles. The van der Waals surface area contributed by atoms with Crippen LogP contribution in [0.3, 0.4) is 0 Å². The Hall–Kier alpha value is -2.41. The van der Waals surface area contributed by atoms with E-state index in [1.54, 1.807) is 24.3 Å². The summed E-state index contributed by atoms with van der Waals surface area (Å²) in [6.07, 6.45) is 1.01. The molecule has 0 bridgehead atoms. The highest BCUT2D eigenvalue weighted by molar-refractivity contribution is 6.12. The highest BCUT2D eigenvalue weighted by atomic mass is 16.2. The van der Waals surface area contributed by atoms with Crippen molar-refractivity contribution in [2.45, 2.75) is 39.3 Å². The van der Waals surface area contributed by atoms with Gasteiger partial charge in [-0.2, -0.15) is 0 Å². The number of rotatable bonds is 4. The lowest BCUT2D eigenvalue weighted by molar-refractivity contribution is -0.117. The Balaban J connectivity index is 1.69. The monoisotopic (exact) mass is 358 g/mol. The average molecular weight is 358 g/mol. The molecule has 7 heteroatoms. The summed E-state index contributed by atoms with van der Waals surface area (Å²) in [5, 5.41) is 2.25. The van der Waals surface area contributed by atoms with Crippen molar-refractivity contribution < 1.29 is 14.4 Å². The molecule has 0 saturated carbocycles. The number of piperazine rings is 1. The molecule has 3 rings (SSSR count). The summed E-state index contributed by atoms with van der Waals surface area (Å²) < 4.78 is 0. The number of hydrogen-bond donors (Lipinski definition) is 1. The number of urea groups is 1. The van der Waals surface area contributed by atoms with Crippen LogP contribution in [0.2, 0.25) is 0 Å². The lowest BCUT2D eigenvalue weighted by atomic mass is 10.1. The van der Waals surface area contributed by atoms with Crippen LogP contribution in [0, 0.1) is 0 Å². The van der Waals surface area contributed by atoms with Gasteiger partial charge < -0.3 is 4.90 Å². The second kappa shape index (κ2) is 7.45. The number of carbonyl (C=O) groups excluding carboxylic acids is 3. The molecule has 1 atom stereocenters. The predicted molar refractivity (Wildman–Crippen MR) is 99.2 cm³/mol.